The van der Waals surface area contributed by atoms with Crippen LogP contribution in [0, 0.1) is 34.5 Å². The van der Waals surface area contributed by atoms with Crippen LogP contribution in [0.25, 0.3) is 0 Å². The maximum Gasteiger partial charge on any atom is 0.309 e. The summed E-state index contributed by atoms with van der Waals surface area (Å²) >= 11 is 0. The number of carboxylic acid groups (broad SMARTS) is 1. The van der Waals surface area contributed by atoms with Gasteiger partial charge in [0.05, 0.1) is 5.41 Å². The van der Waals surface area contributed by atoms with Crippen molar-refractivity contribution in [2.45, 2.75) is 52.9 Å². The zero-order valence-corrected chi connectivity index (χ0v) is 11.2. The van der Waals surface area contributed by atoms with Crippen molar-refractivity contribution >= 4 is 5.97 Å². The van der Waals surface area contributed by atoms with Gasteiger partial charge in [-0.15, -0.1) is 0 Å². The number of aliphatic carboxylic acids is 1. The second kappa shape index (κ2) is 3.27. The third-order valence-electron chi connectivity index (χ3n) is 5.96. The van der Waals surface area contributed by atoms with Crippen LogP contribution in [-0.4, -0.2) is 11.1 Å². The van der Waals surface area contributed by atoms with Crippen LogP contribution in [0.1, 0.15) is 52.9 Å². The second-order valence-corrected chi connectivity index (χ2v) is 7.83. The molecule has 4 fully saturated rings. The third-order valence-corrected chi connectivity index (χ3v) is 5.96. The first kappa shape index (κ1) is 11.6. The summed E-state index contributed by atoms with van der Waals surface area (Å²) in [5.74, 6) is 2.08. The van der Waals surface area contributed by atoms with Crippen molar-refractivity contribution < 1.29 is 9.90 Å². The average Bonchev–Trinajstić information content (AvgIpc) is 2.12. The van der Waals surface area contributed by atoms with Crippen LogP contribution in [-0.2, 0) is 4.79 Å². The lowest BCUT2D eigenvalue weighted by Gasteiger charge is -2.61. The molecule has 4 saturated carbocycles. The average molecular weight is 236 g/mol. The maximum absolute atomic E-state index is 11.5. The highest BCUT2D eigenvalue weighted by atomic mass is 16.4. The fourth-order valence-corrected chi connectivity index (χ4v) is 5.75. The van der Waals surface area contributed by atoms with Crippen LogP contribution >= 0.6 is 0 Å². The van der Waals surface area contributed by atoms with E-state index in [0.29, 0.717) is 23.2 Å². The van der Waals surface area contributed by atoms with Crippen LogP contribution in [0.4, 0.5) is 0 Å². The van der Waals surface area contributed by atoms with E-state index in [1.165, 1.54) is 32.1 Å². The Bertz CT molecular complexity index is 342. The zero-order valence-electron chi connectivity index (χ0n) is 11.2. The topological polar surface area (TPSA) is 37.3 Å². The molecule has 4 aliphatic carbocycles. The van der Waals surface area contributed by atoms with E-state index in [-0.39, 0.29) is 0 Å². The zero-order chi connectivity index (χ0) is 12.4. The Morgan fingerprint density at radius 2 is 1.71 bits per heavy atom. The summed E-state index contributed by atoms with van der Waals surface area (Å²) in [7, 11) is 0. The molecule has 0 amide bonds. The quantitative estimate of drug-likeness (QED) is 0.796. The molecule has 4 rings (SSSR count). The summed E-state index contributed by atoms with van der Waals surface area (Å²) in [6, 6.07) is 0. The van der Waals surface area contributed by atoms with E-state index >= 15 is 0 Å². The first-order valence-corrected chi connectivity index (χ1v) is 7.05. The highest BCUT2D eigenvalue weighted by Gasteiger charge is 2.58. The van der Waals surface area contributed by atoms with E-state index in [9.17, 15) is 9.90 Å². The highest BCUT2D eigenvalue weighted by Crippen LogP contribution is 2.65. The molecule has 2 nitrogen and oxygen atoms in total. The molecule has 0 heterocycles. The van der Waals surface area contributed by atoms with Gasteiger partial charge in [0.15, 0.2) is 0 Å². The van der Waals surface area contributed by atoms with Gasteiger partial charge in [0.1, 0.15) is 0 Å². The molecule has 0 aromatic carbocycles. The van der Waals surface area contributed by atoms with E-state index < -0.39 is 11.4 Å². The largest absolute Gasteiger partial charge is 0.481 e. The molecule has 96 valence electrons. The molecule has 0 spiro atoms. The minimum Gasteiger partial charge on any atom is -0.481 e. The van der Waals surface area contributed by atoms with Gasteiger partial charge in [-0.1, -0.05) is 6.92 Å². The Balaban J connectivity index is 1.92. The number of hydrogen-bond donors (Lipinski definition) is 1. The first-order chi connectivity index (χ1) is 7.82. The third kappa shape index (κ3) is 1.56. The molecule has 4 bridgehead atoms. The van der Waals surface area contributed by atoms with Crippen molar-refractivity contribution in [2.75, 3.05) is 0 Å². The molecule has 2 unspecified atom stereocenters. The molecule has 2 heteroatoms. The number of carboxylic acids is 1. The van der Waals surface area contributed by atoms with Crippen molar-refractivity contribution in [1.82, 2.24) is 0 Å². The van der Waals surface area contributed by atoms with Gasteiger partial charge in [-0.25, -0.2) is 0 Å². The molecular formula is C15H24O2. The monoisotopic (exact) mass is 236 g/mol. The van der Waals surface area contributed by atoms with E-state index in [1.54, 1.807) is 0 Å². The fraction of sp³-hybridized carbons (Fsp3) is 0.933. The molecule has 0 radical (unpaired) electrons. The van der Waals surface area contributed by atoms with Gasteiger partial charge in [-0.2, -0.15) is 0 Å². The maximum atomic E-state index is 11.5. The van der Waals surface area contributed by atoms with E-state index in [4.69, 9.17) is 0 Å². The standard InChI is InChI=1S/C15H24O2/c1-14(2,13(16)17)12-10-4-9-5-11(12)8-15(3,6-9)7-10/h9-12H,4-8H2,1-3H3,(H,16,17). The lowest BCUT2D eigenvalue weighted by atomic mass is 9.43. The molecule has 0 saturated heterocycles. The summed E-state index contributed by atoms with van der Waals surface area (Å²) in [6.07, 6.45) is 6.56. The number of carbonyl (C=O) groups is 1. The van der Waals surface area contributed by atoms with E-state index in [1.807, 2.05) is 13.8 Å². The minimum absolute atomic E-state index is 0.421. The SMILES string of the molecule is CC12CC3CC(C1)C(C(C)(C)C(=O)O)C(C3)C2. The lowest BCUT2D eigenvalue weighted by Crippen LogP contribution is -2.55. The summed E-state index contributed by atoms with van der Waals surface area (Å²) in [5, 5.41) is 9.49. The number of hydrogen-bond acceptors (Lipinski definition) is 1. The summed E-state index contributed by atoms with van der Waals surface area (Å²) in [5.41, 5.74) is 0.0144. The minimum atomic E-state index is -0.597. The molecule has 0 aromatic heterocycles. The normalized spacial score (nSPS) is 48.4. The highest BCUT2D eigenvalue weighted by molar-refractivity contribution is 5.74. The van der Waals surface area contributed by atoms with Crippen LogP contribution < -0.4 is 0 Å². The lowest BCUT2D eigenvalue weighted by molar-refractivity contribution is -0.168. The van der Waals surface area contributed by atoms with Gasteiger partial charge in [0.25, 0.3) is 0 Å². The van der Waals surface area contributed by atoms with Gasteiger partial charge in [0, 0.05) is 0 Å². The first-order valence-electron chi connectivity index (χ1n) is 7.05. The van der Waals surface area contributed by atoms with Crippen molar-refractivity contribution in [1.29, 1.82) is 0 Å². The Hall–Kier alpha value is -0.530. The van der Waals surface area contributed by atoms with E-state index in [0.717, 1.165) is 5.92 Å². The predicted molar refractivity (Wildman–Crippen MR) is 66.6 cm³/mol. The molecule has 2 atom stereocenters. The predicted octanol–water partition coefficient (Wildman–Crippen LogP) is 3.56. The van der Waals surface area contributed by atoms with Crippen molar-refractivity contribution in [3.05, 3.63) is 0 Å². The molecule has 17 heavy (non-hydrogen) atoms. The van der Waals surface area contributed by atoms with Crippen molar-refractivity contribution in [3.63, 3.8) is 0 Å². The van der Waals surface area contributed by atoms with Crippen LogP contribution in [0.3, 0.4) is 0 Å². The van der Waals surface area contributed by atoms with Gasteiger partial charge >= 0.3 is 5.97 Å². The van der Waals surface area contributed by atoms with Gasteiger partial charge < -0.3 is 5.11 Å². The van der Waals surface area contributed by atoms with E-state index in [2.05, 4.69) is 6.92 Å². The summed E-state index contributed by atoms with van der Waals surface area (Å²) < 4.78 is 0. The smallest absolute Gasteiger partial charge is 0.309 e. The summed E-state index contributed by atoms with van der Waals surface area (Å²) in [6.45, 7) is 6.33. The van der Waals surface area contributed by atoms with Crippen molar-refractivity contribution in [2.24, 2.45) is 34.5 Å². The fourth-order valence-electron chi connectivity index (χ4n) is 5.75. The van der Waals surface area contributed by atoms with Gasteiger partial charge in [-0.3, -0.25) is 4.79 Å². The molecule has 4 aliphatic rings. The molecule has 0 aliphatic heterocycles. The molecular weight excluding hydrogens is 212 g/mol. The summed E-state index contributed by atoms with van der Waals surface area (Å²) in [4.78, 5) is 11.5. The van der Waals surface area contributed by atoms with Gasteiger partial charge in [-0.05, 0) is 75.0 Å². The van der Waals surface area contributed by atoms with Crippen LogP contribution in [0.2, 0.25) is 0 Å². The van der Waals surface area contributed by atoms with Crippen molar-refractivity contribution in [3.8, 4) is 0 Å². The Morgan fingerprint density at radius 3 is 2.12 bits per heavy atom. The number of rotatable bonds is 2. The Morgan fingerprint density at radius 1 is 1.18 bits per heavy atom. The van der Waals surface area contributed by atoms with Crippen LogP contribution in [0.5, 0.6) is 0 Å². The van der Waals surface area contributed by atoms with Gasteiger partial charge in [0.2, 0.25) is 0 Å². The Labute approximate surface area is 104 Å². The van der Waals surface area contributed by atoms with Crippen LogP contribution in [0.15, 0.2) is 0 Å². The molecule has 0 aromatic rings. The molecule has 1 N–H and O–H groups in total. The second-order valence-electron chi connectivity index (χ2n) is 7.83. The Kier molecular flexibility index (Phi) is 2.22.